The zero-order valence-electron chi connectivity index (χ0n) is 13.9. The van der Waals surface area contributed by atoms with Gasteiger partial charge in [-0.2, -0.15) is 13.2 Å². The Labute approximate surface area is 145 Å². The Morgan fingerprint density at radius 3 is 2.00 bits per heavy atom. The van der Waals surface area contributed by atoms with Crippen molar-refractivity contribution < 1.29 is 30.9 Å². The van der Waals surface area contributed by atoms with Gasteiger partial charge in [0.2, 0.25) is 5.91 Å². The Balaban J connectivity index is 0.000000609. The van der Waals surface area contributed by atoms with Gasteiger partial charge in [0.15, 0.2) is 10.1 Å². The van der Waals surface area contributed by atoms with Crippen molar-refractivity contribution in [2.45, 2.75) is 18.3 Å². The maximum atomic E-state index is 11.4. The van der Waals surface area contributed by atoms with Gasteiger partial charge in [0.25, 0.3) is 0 Å². The van der Waals surface area contributed by atoms with Crippen molar-refractivity contribution in [1.29, 1.82) is 0 Å². The minimum Gasteiger partial charge on any atom is -0.741 e. The fourth-order valence-electron chi connectivity index (χ4n) is 1.40. The van der Waals surface area contributed by atoms with Crippen LogP contribution in [0.2, 0.25) is 0 Å². The van der Waals surface area contributed by atoms with E-state index in [-0.39, 0.29) is 5.91 Å². The zero-order valence-corrected chi connectivity index (χ0v) is 14.7. The molecule has 0 atom stereocenters. The van der Waals surface area contributed by atoms with Gasteiger partial charge in [-0.3, -0.25) is 9.28 Å². The minimum atomic E-state index is -6.09. The first-order chi connectivity index (χ1) is 11.2. The second kappa shape index (κ2) is 8.84. The molecule has 0 spiro atoms. The first-order valence-corrected chi connectivity index (χ1v) is 8.27. The summed E-state index contributed by atoms with van der Waals surface area (Å²) in [4.78, 5) is 11.4. The van der Waals surface area contributed by atoms with E-state index in [0.29, 0.717) is 12.8 Å². The lowest BCUT2D eigenvalue weighted by molar-refractivity contribution is -0.116. The highest BCUT2D eigenvalue weighted by atomic mass is 32.2. The van der Waals surface area contributed by atoms with E-state index < -0.39 is 15.6 Å². The number of amides is 1. The highest BCUT2D eigenvalue weighted by Gasteiger charge is 2.36. The summed E-state index contributed by atoms with van der Waals surface area (Å²) in [5.41, 5.74) is -3.65. The Kier molecular flexibility index (Phi) is 8.11. The summed E-state index contributed by atoms with van der Waals surface area (Å²) >= 11 is 0. The molecule has 0 bridgehead atoms. The van der Waals surface area contributed by atoms with E-state index in [0.717, 1.165) is 10.2 Å². The van der Waals surface area contributed by atoms with Crippen LogP contribution in [0.1, 0.15) is 12.8 Å². The van der Waals surface area contributed by atoms with Crippen LogP contribution < -0.4 is 9.80 Å². The van der Waals surface area contributed by atoms with Gasteiger partial charge in [0.05, 0.1) is 21.1 Å². The van der Waals surface area contributed by atoms with Crippen LogP contribution in [0.5, 0.6) is 0 Å². The smallest absolute Gasteiger partial charge is 0.485 e. The van der Waals surface area contributed by atoms with Crippen molar-refractivity contribution in [3.05, 3.63) is 24.3 Å². The lowest BCUT2D eigenvalue weighted by Crippen LogP contribution is -2.34. The third-order valence-corrected chi connectivity index (χ3v) is 3.27. The summed E-state index contributed by atoms with van der Waals surface area (Å²) in [6, 6.07) is 7.84. The second-order valence-corrected chi connectivity index (χ2v) is 7.08. The molecule has 1 amide bonds. The third-order valence-electron chi connectivity index (χ3n) is 2.71. The zero-order chi connectivity index (χ0) is 19.9. The molecule has 10 heteroatoms. The fourth-order valence-corrected chi connectivity index (χ4v) is 1.40. The molecule has 0 saturated heterocycles. The normalized spacial score (nSPS) is 11.8. The molecule has 0 unspecified atom stereocenters. The van der Waals surface area contributed by atoms with E-state index in [4.69, 9.17) is 19.4 Å². The average Bonchev–Trinajstić information content (AvgIpc) is 2.43. The molecule has 0 aliphatic carbocycles. The number of alkyl halides is 3. The molecule has 0 aromatic heterocycles. The predicted octanol–water partition coefficient (Wildman–Crippen LogP) is 2.29. The summed E-state index contributed by atoms with van der Waals surface area (Å²) in [7, 11) is 0.203. The number of nitrogens with one attached hydrogen (secondary N) is 1. The number of benzene rings is 1. The number of anilines is 1. The van der Waals surface area contributed by atoms with Crippen LogP contribution >= 0.6 is 0 Å². The fraction of sp³-hybridized carbons (Fsp3) is 0.400. The van der Waals surface area contributed by atoms with E-state index in [9.17, 15) is 18.0 Å². The summed E-state index contributed by atoms with van der Waals surface area (Å²) in [6.45, 7) is 0. The van der Waals surface area contributed by atoms with Crippen molar-refractivity contribution in [3.8, 4) is 12.3 Å². The molecule has 1 rings (SSSR count). The van der Waals surface area contributed by atoms with Crippen LogP contribution in [0.15, 0.2) is 24.3 Å². The van der Waals surface area contributed by atoms with Crippen LogP contribution in [-0.4, -0.2) is 45.5 Å². The van der Waals surface area contributed by atoms with Crippen LogP contribution in [0, 0.1) is 12.3 Å². The van der Waals surface area contributed by atoms with E-state index >= 15 is 0 Å². The number of rotatable bonds is 4. The van der Waals surface area contributed by atoms with Gasteiger partial charge in [-0.25, -0.2) is 8.42 Å². The van der Waals surface area contributed by atoms with Gasteiger partial charge >= 0.3 is 5.51 Å². The molecule has 0 fully saturated rings. The van der Waals surface area contributed by atoms with Gasteiger partial charge in [-0.15, -0.1) is 12.3 Å². The van der Waals surface area contributed by atoms with Crippen LogP contribution in [0.3, 0.4) is 0 Å². The summed E-state index contributed by atoms with van der Waals surface area (Å²) in [6.07, 6.45) is 5.95. The molecular weight excluding hydrogens is 361 g/mol. The monoisotopic (exact) mass is 380 g/mol. The Morgan fingerprint density at radius 1 is 1.24 bits per heavy atom. The molecule has 1 aromatic rings. The first-order valence-electron chi connectivity index (χ1n) is 6.86. The van der Waals surface area contributed by atoms with Crippen molar-refractivity contribution in [2.75, 3.05) is 26.5 Å². The predicted molar refractivity (Wildman–Crippen MR) is 88.5 cm³/mol. The molecule has 0 radical (unpaired) electrons. The summed E-state index contributed by atoms with van der Waals surface area (Å²) < 4.78 is 59.7. The number of nitrogens with zero attached hydrogens (tertiary/aromatic N) is 1. The van der Waals surface area contributed by atoms with Crippen LogP contribution in [0.4, 0.5) is 24.5 Å². The van der Waals surface area contributed by atoms with Crippen LogP contribution in [-0.2, 0) is 14.9 Å². The van der Waals surface area contributed by atoms with Crippen LogP contribution in [0.25, 0.3) is 0 Å². The van der Waals surface area contributed by atoms with E-state index in [1.54, 1.807) is 0 Å². The molecular formula is C15H19F3N2O4S. The molecule has 6 nitrogen and oxygen atoms in total. The molecule has 25 heavy (non-hydrogen) atoms. The van der Waals surface area contributed by atoms with Crippen molar-refractivity contribution in [2.24, 2.45) is 0 Å². The van der Waals surface area contributed by atoms with E-state index in [1.807, 2.05) is 24.3 Å². The molecule has 1 aromatic carbocycles. The molecule has 140 valence electrons. The molecule has 0 saturated carbocycles. The SMILES string of the molecule is C#CCCC(=O)Nc1ccc([N+](C)(C)C)cc1.O=S(=O)([O-])C(F)(F)F. The summed E-state index contributed by atoms with van der Waals surface area (Å²) in [5, 5.41) is 2.81. The average molecular weight is 380 g/mol. The summed E-state index contributed by atoms with van der Waals surface area (Å²) in [5.74, 6) is 2.41. The first kappa shape index (κ1) is 22.9. The Hall–Kier alpha value is -2.09. The van der Waals surface area contributed by atoms with E-state index in [1.165, 1.54) is 5.69 Å². The highest BCUT2D eigenvalue weighted by molar-refractivity contribution is 7.86. The van der Waals surface area contributed by atoms with Gasteiger partial charge < -0.3 is 9.87 Å². The lowest BCUT2D eigenvalue weighted by atomic mass is 10.2. The van der Waals surface area contributed by atoms with Gasteiger partial charge in [-0.05, 0) is 12.1 Å². The third kappa shape index (κ3) is 9.09. The highest BCUT2D eigenvalue weighted by Crippen LogP contribution is 2.20. The number of quaternary nitrogens is 1. The number of terminal acetylenes is 1. The second-order valence-electron chi connectivity index (χ2n) is 5.71. The van der Waals surface area contributed by atoms with Crippen molar-refractivity contribution in [1.82, 2.24) is 4.48 Å². The minimum absolute atomic E-state index is 0.0408. The van der Waals surface area contributed by atoms with Gasteiger partial charge in [0, 0.05) is 30.7 Å². The number of hydrogen-bond acceptors (Lipinski definition) is 4. The maximum Gasteiger partial charge on any atom is 0.485 e. The number of hydrogen-bond donors (Lipinski definition) is 1. The Morgan fingerprint density at radius 2 is 1.68 bits per heavy atom. The topological polar surface area (TPSA) is 86.3 Å². The molecule has 0 aliphatic rings. The molecule has 1 N–H and O–H groups in total. The quantitative estimate of drug-likeness (QED) is 0.376. The van der Waals surface area contributed by atoms with Gasteiger partial charge in [0.1, 0.15) is 5.69 Å². The standard InChI is InChI=1S/C14H18N2O.CHF3O3S/c1-5-6-7-14(17)15-12-8-10-13(11-9-12)16(2,3)4;2-1(3,4)8(5,6)7/h1,8-11H,6-7H2,2-4H3;(H,5,6,7). The number of carbonyl (C=O) groups excluding carboxylic acids is 1. The number of halogens is 3. The lowest BCUT2D eigenvalue weighted by Gasteiger charge is -2.23. The molecule has 0 heterocycles. The van der Waals surface area contributed by atoms with Crippen molar-refractivity contribution >= 4 is 27.4 Å². The Bertz CT molecular complexity index is 715. The number of carbonyl (C=O) groups is 1. The molecule has 0 aliphatic heterocycles. The van der Waals surface area contributed by atoms with Crippen molar-refractivity contribution in [3.63, 3.8) is 0 Å². The van der Waals surface area contributed by atoms with E-state index in [2.05, 4.69) is 32.4 Å². The maximum absolute atomic E-state index is 11.4. The largest absolute Gasteiger partial charge is 0.741 e. The van der Waals surface area contributed by atoms with Gasteiger partial charge in [-0.1, -0.05) is 0 Å².